The molecular weight excluding hydrogens is 270 g/mol. The molecule has 0 saturated heterocycles. The van der Waals surface area contributed by atoms with Crippen LogP contribution in [-0.4, -0.2) is 28.6 Å². The Morgan fingerprint density at radius 1 is 1.20 bits per heavy atom. The Hall–Kier alpha value is -1.00. The normalized spacial score (nSPS) is 11.6. The van der Waals surface area contributed by atoms with Crippen LogP contribution in [-0.2, 0) is 17.8 Å². The van der Waals surface area contributed by atoms with Crippen molar-refractivity contribution in [3.8, 4) is 0 Å². The largest absolute Gasteiger partial charge is 0.481 e. The third-order valence-electron chi connectivity index (χ3n) is 3.88. The van der Waals surface area contributed by atoms with E-state index in [1.807, 2.05) is 36.0 Å². The molecule has 0 aliphatic carbocycles. The van der Waals surface area contributed by atoms with E-state index in [0.29, 0.717) is 4.75 Å². The predicted molar refractivity (Wildman–Crippen MR) is 86.3 cm³/mol. The molecular formula is C16H25NO2S. The van der Waals surface area contributed by atoms with Gasteiger partial charge in [0.05, 0.1) is 6.42 Å². The van der Waals surface area contributed by atoms with E-state index >= 15 is 0 Å². The Morgan fingerprint density at radius 3 is 2.20 bits per heavy atom. The number of hydrogen-bond acceptors (Lipinski definition) is 3. The molecule has 1 rings (SSSR count). The van der Waals surface area contributed by atoms with E-state index in [2.05, 4.69) is 25.4 Å². The van der Waals surface area contributed by atoms with Gasteiger partial charge in [0.2, 0.25) is 0 Å². The molecule has 0 amide bonds. The molecule has 1 aromatic rings. The van der Waals surface area contributed by atoms with Crippen LogP contribution in [0.5, 0.6) is 0 Å². The van der Waals surface area contributed by atoms with Crippen molar-refractivity contribution in [1.82, 2.24) is 5.32 Å². The average molecular weight is 295 g/mol. The second-order valence-electron chi connectivity index (χ2n) is 5.08. The summed E-state index contributed by atoms with van der Waals surface area (Å²) in [5, 5.41) is 12.3. The van der Waals surface area contributed by atoms with Gasteiger partial charge in [0.25, 0.3) is 0 Å². The second-order valence-corrected chi connectivity index (χ2v) is 6.36. The van der Waals surface area contributed by atoms with Crippen LogP contribution < -0.4 is 5.32 Å². The highest BCUT2D eigenvalue weighted by atomic mass is 32.2. The van der Waals surface area contributed by atoms with Crippen molar-refractivity contribution in [1.29, 1.82) is 0 Å². The van der Waals surface area contributed by atoms with Gasteiger partial charge in [-0.25, -0.2) is 0 Å². The molecule has 1 aromatic carbocycles. The number of nitrogens with one attached hydrogen (secondary N) is 1. The summed E-state index contributed by atoms with van der Waals surface area (Å²) in [5.41, 5.74) is 2.04. The molecule has 2 N–H and O–H groups in total. The van der Waals surface area contributed by atoms with Gasteiger partial charge in [-0.2, -0.15) is 11.8 Å². The quantitative estimate of drug-likeness (QED) is 0.734. The van der Waals surface area contributed by atoms with Gasteiger partial charge in [-0.1, -0.05) is 38.1 Å². The minimum atomic E-state index is -0.786. The molecule has 0 bridgehead atoms. The maximum Gasteiger partial charge on any atom is 0.307 e. The predicted octanol–water partition coefficient (Wildman–Crippen LogP) is 3.33. The molecule has 0 atom stereocenters. The lowest BCUT2D eigenvalue weighted by Gasteiger charge is -2.30. The van der Waals surface area contributed by atoms with Crippen LogP contribution in [0.3, 0.4) is 0 Å². The smallest absolute Gasteiger partial charge is 0.307 e. The van der Waals surface area contributed by atoms with Crippen molar-refractivity contribution >= 4 is 17.7 Å². The number of aliphatic carboxylic acids is 1. The fourth-order valence-corrected chi connectivity index (χ4v) is 3.07. The van der Waals surface area contributed by atoms with E-state index in [9.17, 15) is 4.79 Å². The fraction of sp³-hybridized carbons (Fsp3) is 0.562. The lowest BCUT2D eigenvalue weighted by molar-refractivity contribution is -0.136. The number of thioether (sulfide) groups is 1. The van der Waals surface area contributed by atoms with Gasteiger partial charge in [-0.15, -0.1) is 0 Å². The monoisotopic (exact) mass is 295 g/mol. The van der Waals surface area contributed by atoms with Crippen LogP contribution in [0.4, 0.5) is 0 Å². The Morgan fingerprint density at radius 2 is 1.75 bits per heavy atom. The number of carboxylic acids is 1. The zero-order valence-electron chi connectivity index (χ0n) is 12.6. The SMILES string of the molecule is CCC(CC)(CNCc1ccc(CC(=O)O)cc1)SC. The van der Waals surface area contributed by atoms with Crippen LogP contribution in [0.1, 0.15) is 37.8 Å². The standard InChI is InChI=1S/C16H25NO2S/c1-4-16(5-2,20-3)12-17-11-14-8-6-13(7-9-14)10-15(18)19/h6-9,17H,4-5,10-12H2,1-3H3,(H,18,19). The van der Waals surface area contributed by atoms with Crippen molar-refractivity contribution in [2.24, 2.45) is 0 Å². The van der Waals surface area contributed by atoms with Crippen LogP contribution in [0.25, 0.3) is 0 Å². The van der Waals surface area contributed by atoms with E-state index in [1.54, 1.807) is 0 Å². The Balaban J connectivity index is 2.47. The molecule has 0 aliphatic heterocycles. The molecule has 0 aliphatic rings. The second kappa shape index (κ2) is 8.32. The van der Waals surface area contributed by atoms with E-state index in [-0.39, 0.29) is 6.42 Å². The van der Waals surface area contributed by atoms with Crippen molar-refractivity contribution in [2.75, 3.05) is 12.8 Å². The zero-order valence-corrected chi connectivity index (χ0v) is 13.4. The molecule has 4 heteroatoms. The maximum atomic E-state index is 10.6. The maximum absolute atomic E-state index is 10.6. The highest BCUT2D eigenvalue weighted by molar-refractivity contribution is 8.00. The van der Waals surface area contributed by atoms with E-state index < -0.39 is 5.97 Å². The van der Waals surface area contributed by atoms with Gasteiger partial charge in [-0.05, 0) is 30.2 Å². The highest BCUT2D eigenvalue weighted by Gasteiger charge is 2.23. The summed E-state index contributed by atoms with van der Waals surface area (Å²) < 4.78 is 0.323. The van der Waals surface area contributed by atoms with Gasteiger partial charge in [0, 0.05) is 17.8 Å². The molecule has 20 heavy (non-hydrogen) atoms. The van der Waals surface area contributed by atoms with Crippen molar-refractivity contribution in [3.05, 3.63) is 35.4 Å². The molecule has 0 fully saturated rings. The number of benzene rings is 1. The summed E-state index contributed by atoms with van der Waals surface area (Å²) in [6.45, 7) is 6.30. The van der Waals surface area contributed by atoms with Gasteiger partial charge < -0.3 is 10.4 Å². The number of carboxylic acid groups (broad SMARTS) is 1. The van der Waals surface area contributed by atoms with E-state index in [4.69, 9.17) is 5.11 Å². The first-order valence-electron chi connectivity index (χ1n) is 7.10. The molecule has 0 unspecified atom stereocenters. The van der Waals surface area contributed by atoms with E-state index in [0.717, 1.165) is 31.5 Å². The molecule has 112 valence electrons. The van der Waals surface area contributed by atoms with Crippen LogP contribution >= 0.6 is 11.8 Å². The fourth-order valence-electron chi connectivity index (χ4n) is 2.25. The van der Waals surface area contributed by atoms with Gasteiger partial charge >= 0.3 is 5.97 Å². The van der Waals surface area contributed by atoms with Crippen LogP contribution in [0.15, 0.2) is 24.3 Å². The molecule has 0 radical (unpaired) electrons. The lowest BCUT2D eigenvalue weighted by Crippen LogP contribution is -2.36. The molecule has 0 heterocycles. The number of hydrogen-bond donors (Lipinski definition) is 2. The van der Waals surface area contributed by atoms with Crippen LogP contribution in [0, 0.1) is 0 Å². The first kappa shape index (κ1) is 17.1. The van der Waals surface area contributed by atoms with Gasteiger partial charge in [-0.3, -0.25) is 4.79 Å². The topological polar surface area (TPSA) is 49.3 Å². The zero-order chi connectivity index (χ0) is 15.0. The first-order valence-corrected chi connectivity index (χ1v) is 8.33. The summed E-state index contributed by atoms with van der Waals surface area (Å²) in [5.74, 6) is -0.786. The minimum absolute atomic E-state index is 0.0922. The Bertz CT molecular complexity index is 405. The Kier molecular flexibility index (Phi) is 7.10. The number of rotatable bonds is 9. The molecule has 3 nitrogen and oxygen atoms in total. The third-order valence-corrected chi connectivity index (χ3v) is 5.46. The lowest BCUT2D eigenvalue weighted by atomic mass is 10.0. The summed E-state index contributed by atoms with van der Waals surface area (Å²) in [6.07, 6.45) is 4.59. The molecule has 0 saturated carbocycles. The van der Waals surface area contributed by atoms with Gasteiger partial charge in [0.1, 0.15) is 0 Å². The summed E-state index contributed by atoms with van der Waals surface area (Å²) >= 11 is 1.93. The Labute approximate surface area is 126 Å². The van der Waals surface area contributed by atoms with Crippen molar-refractivity contribution in [2.45, 2.75) is 44.4 Å². The summed E-state index contributed by atoms with van der Waals surface area (Å²) in [4.78, 5) is 10.6. The first-order chi connectivity index (χ1) is 9.55. The van der Waals surface area contributed by atoms with Gasteiger partial charge in [0.15, 0.2) is 0 Å². The van der Waals surface area contributed by atoms with Crippen LogP contribution in [0.2, 0.25) is 0 Å². The van der Waals surface area contributed by atoms with Crippen molar-refractivity contribution < 1.29 is 9.90 Å². The minimum Gasteiger partial charge on any atom is -0.481 e. The third kappa shape index (κ3) is 5.17. The molecule has 0 spiro atoms. The summed E-state index contributed by atoms with van der Waals surface area (Å²) in [7, 11) is 0. The van der Waals surface area contributed by atoms with Crippen molar-refractivity contribution in [3.63, 3.8) is 0 Å². The average Bonchev–Trinajstić information content (AvgIpc) is 2.45. The highest BCUT2D eigenvalue weighted by Crippen LogP contribution is 2.29. The molecule has 0 aromatic heterocycles. The number of carbonyl (C=O) groups is 1. The summed E-state index contributed by atoms with van der Waals surface area (Å²) in [6, 6.07) is 7.80. The van der Waals surface area contributed by atoms with E-state index in [1.165, 1.54) is 5.56 Å².